The summed E-state index contributed by atoms with van der Waals surface area (Å²) in [6.45, 7) is 7.04. The van der Waals surface area contributed by atoms with E-state index in [1.165, 1.54) is 5.69 Å². The highest BCUT2D eigenvalue weighted by molar-refractivity contribution is 9.10. The summed E-state index contributed by atoms with van der Waals surface area (Å²) in [6, 6.07) is 6.44. The first-order chi connectivity index (χ1) is 9.11. The van der Waals surface area contributed by atoms with Gasteiger partial charge >= 0.3 is 0 Å². The van der Waals surface area contributed by atoms with E-state index in [0.717, 1.165) is 42.8 Å². The van der Waals surface area contributed by atoms with Crippen LogP contribution in [-0.4, -0.2) is 49.3 Å². The van der Waals surface area contributed by atoms with Gasteiger partial charge in [-0.3, -0.25) is 4.90 Å². The minimum Gasteiger partial charge on any atom is -0.395 e. The lowest BCUT2D eigenvalue weighted by atomic mass is 10.1. The highest BCUT2D eigenvalue weighted by Gasteiger charge is 2.17. The number of nitrogens with two attached hydrogens (primary N) is 1. The fraction of sp³-hybridized carbons (Fsp3) is 0.571. The number of piperazine rings is 1. The first-order valence-electron chi connectivity index (χ1n) is 6.75. The Kier molecular flexibility index (Phi) is 5.21. The van der Waals surface area contributed by atoms with Crippen LogP contribution in [0.25, 0.3) is 0 Å². The second-order valence-corrected chi connectivity index (χ2v) is 5.90. The lowest BCUT2D eigenvalue weighted by Gasteiger charge is -2.36. The fourth-order valence-corrected chi connectivity index (χ4v) is 3.18. The number of hydrogen-bond acceptors (Lipinski definition) is 4. The van der Waals surface area contributed by atoms with Gasteiger partial charge in [0.15, 0.2) is 0 Å². The molecule has 1 heterocycles. The summed E-state index contributed by atoms with van der Waals surface area (Å²) < 4.78 is 1.08. The van der Waals surface area contributed by atoms with E-state index in [4.69, 9.17) is 10.8 Å². The summed E-state index contributed by atoms with van der Waals surface area (Å²) in [6.07, 6.45) is 0. The Balaban J connectivity index is 2.02. The van der Waals surface area contributed by atoms with E-state index in [9.17, 15) is 0 Å². The Morgan fingerprint density at radius 3 is 2.53 bits per heavy atom. The van der Waals surface area contributed by atoms with Crippen molar-refractivity contribution in [1.29, 1.82) is 0 Å². The van der Waals surface area contributed by atoms with Crippen LogP contribution in [0, 0.1) is 0 Å². The van der Waals surface area contributed by atoms with Crippen LogP contribution >= 0.6 is 15.9 Å². The Hall–Kier alpha value is -0.620. The van der Waals surface area contributed by atoms with Gasteiger partial charge in [-0.05, 0) is 24.6 Å². The van der Waals surface area contributed by atoms with Crippen LogP contribution in [0.1, 0.15) is 18.5 Å². The molecule has 4 nitrogen and oxygen atoms in total. The van der Waals surface area contributed by atoms with Gasteiger partial charge in [-0.2, -0.15) is 0 Å². The highest BCUT2D eigenvalue weighted by atomic mass is 79.9. The van der Waals surface area contributed by atoms with Crippen molar-refractivity contribution < 1.29 is 5.11 Å². The van der Waals surface area contributed by atoms with Crippen molar-refractivity contribution in [3.8, 4) is 0 Å². The van der Waals surface area contributed by atoms with E-state index < -0.39 is 0 Å². The monoisotopic (exact) mass is 327 g/mol. The summed E-state index contributed by atoms with van der Waals surface area (Å²) in [7, 11) is 0. The molecule has 1 aromatic rings. The van der Waals surface area contributed by atoms with Crippen LogP contribution in [0.3, 0.4) is 0 Å². The van der Waals surface area contributed by atoms with E-state index in [1.54, 1.807) is 0 Å². The van der Waals surface area contributed by atoms with Gasteiger partial charge in [-0.15, -0.1) is 0 Å². The largest absolute Gasteiger partial charge is 0.395 e. The second-order valence-electron chi connectivity index (χ2n) is 5.05. The van der Waals surface area contributed by atoms with E-state index in [-0.39, 0.29) is 12.6 Å². The quantitative estimate of drug-likeness (QED) is 0.881. The third kappa shape index (κ3) is 3.69. The molecule has 19 heavy (non-hydrogen) atoms. The third-order valence-corrected chi connectivity index (χ3v) is 4.32. The maximum absolute atomic E-state index is 8.95. The number of aliphatic hydroxyl groups excluding tert-OH is 1. The average Bonchev–Trinajstić information content (AvgIpc) is 2.39. The molecule has 1 fully saturated rings. The molecule has 0 unspecified atom stereocenters. The van der Waals surface area contributed by atoms with Crippen LogP contribution < -0.4 is 10.6 Å². The van der Waals surface area contributed by atoms with Crippen molar-refractivity contribution in [2.75, 3.05) is 44.2 Å². The molecule has 106 valence electrons. The topological polar surface area (TPSA) is 52.7 Å². The van der Waals surface area contributed by atoms with Crippen molar-refractivity contribution in [2.45, 2.75) is 13.0 Å². The zero-order valence-corrected chi connectivity index (χ0v) is 12.9. The fourth-order valence-electron chi connectivity index (χ4n) is 2.45. The predicted molar refractivity (Wildman–Crippen MR) is 82.5 cm³/mol. The van der Waals surface area contributed by atoms with E-state index in [2.05, 4.69) is 43.9 Å². The number of hydrogen-bond donors (Lipinski definition) is 2. The minimum atomic E-state index is 0.0461. The maximum Gasteiger partial charge on any atom is 0.0558 e. The molecule has 5 heteroatoms. The van der Waals surface area contributed by atoms with Gasteiger partial charge in [-0.1, -0.05) is 22.0 Å². The summed E-state index contributed by atoms with van der Waals surface area (Å²) in [4.78, 5) is 4.67. The van der Waals surface area contributed by atoms with Crippen molar-refractivity contribution in [1.82, 2.24) is 4.90 Å². The van der Waals surface area contributed by atoms with Gasteiger partial charge in [0.25, 0.3) is 0 Å². The van der Waals surface area contributed by atoms with Crippen molar-refractivity contribution in [3.05, 3.63) is 28.2 Å². The van der Waals surface area contributed by atoms with Crippen LogP contribution in [0.2, 0.25) is 0 Å². The smallest absolute Gasteiger partial charge is 0.0558 e. The number of aliphatic hydroxyl groups is 1. The molecule has 0 bridgehead atoms. The molecule has 3 N–H and O–H groups in total. The van der Waals surface area contributed by atoms with Gasteiger partial charge < -0.3 is 15.7 Å². The van der Waals surface area contributed by atoms with Gasteiger partial charge in [0.05, 0.1) is 6.61 Å². The third-order valence-electron chi connectivity index (χ3n) is 3.63. The molecule has 0 saturated carbocycles. The first-order valence-corrected chi connectivity index (χ1v) is 7.54. The maximum atomic E-state index is 8.95. The molecule has 0 spiro atoms. The molecule has 1 saturated heterocycles. The molecule has 1 atom stereocenters. The molecule has 1 aliphatic rings. The van der Waals surface area contributed by atoms with Crippen LogP contribution in [-0.2, 0) is 0 Å². The van der Waals surface area contributed by atoms with Gasteiger partial charge in [0.2, 0.25) is 0 Å². The summed E-state index contributed by atoms with van der Waals surface area (Å²) in [5, 5.41) is 8.95. The van der Waals surface area contributed by atoms with Gasteiger partial charge in [-0.25, -0.2) is 0 Å². The van der Waals surface area contributed by atoms with Crippen LogP contribution in [0.5, 0.6) is 0 Å². The predicted octanol–water partition coefficient (Wildman–Crippen LogP) is 1.58. The second kappa shape index (κ2) is 6.70. The van der Waals surface area contributed by atoms with Crippen LogP contribution in [0.15, 0.2) is 22.7 Å². The summed E-state index contributed by atoms with van der Waals surface area (Å²) in [5.74, 6) is 0. The number of rotatable bonds is 4. The van der Waals surface area contributed by atoms with Gasteiger partial charge in [0.1, 0.15) is 0 Å². The van der Waals surface area contributed by atoms with Crippen molar-refractivity contribution in [3.63, 3.8) is 0 Å². The van der Waals surface area contributed by atoms with Crippen molar-refractivity contribution >= 4 is 21.6 Å². The van der Waals surface area contributed by atoms with E-state index in [1.807, 2.05) is 6.92 Å². The number of benzene rings is 1. The zero-order chi connectivity index (χ0) is 13.8. The normalized spacial score (nSPS) is 18.6. The summed E-state index contributed by atoms with van der Waals surface area (Å²) in [5.41, 5.74) is 8.30. The van der Waals surface area contributed by atoms with Crippen molar-refractivity contribution in [2.24, 2.45) is 5.73 Å². The zero-order valence-electron chi connectivity index (χ0n) is 11.3. The minimum absolute atomic E-state index is 0.0461. The summed E-state index contributed by atoms with van der Waals surface area (Å²) >= 11 is 3.60. The lowest BCUT2D eigenvalue weighted by Crippen LogP contribution is -2.47. The molecule has 0 aliphatic carbocycles. The van der Waals surface area contributed by atoms with Crippen LogP contribution in [0.4, 0.5) is 5.69 Å². The molecule has 2 rings (SSSR count). The Morgan fingerprint density at radius 1 is 1.32 bits per heavy atom. The molecular weight excluding hydrogens is 306 g/mol. The SMILES string of the molecule is C[C@@H](N)c1ccc(N2CCN(CCO)CC2)cc1Br. The first kappa shape index (κ1) is 14.8. The average molecular weight is 328 g/mol. The molecular formula is C14H22BrN3O. The lowest BCUT2D eigenvalue weighted by molar-refractivity contribution is 0.189. The Bertz CT molecular complexity index is 417. The molecule has 0 radical (unpaired) electrons. The number of nitrogens with zero attached hydrogens (tertiary/aromatic N) is 2. The molecule has 0 amide bonds. The Labute approximate surface area is 123 Å². The molecule has 0 aromatic heterocycles. The van der Waals surface area contributed by atoms with E-state index >= 15 is 0 Å². The number of β-amino-alcohol motifs (C(OH)–C–C–N with tert-alkyl or cyclic N) is 1. The number of halogens is 1. The number of anilines is 1. The van der Waals surface area contributed by atoms with Gasteiger partial charge in [0, 0.05) is 48.9 Å². The molecule has 1 aromatic carbocycles. The standard InChI is InChI=1S/C14H22BrN3O/c1-11(16)13-3-2-12(10-14(13)15)18-6-4-17(5-7-18)8-9-19/h2-3,10-11,19H,4-9,16H2,1H3/t11-/m1/s1. The Morgan fingerprint density at radius 2 is 2.00 bits per heavy atom. The highest BCUT2D eigenvalue weighted by Crippen LogP contribution is 2.27. The van der Waals surface area contributed by atoms with E-state index in [0.29, 0.717) is 0 Å². The molecule has 1 aliphatic heterocycles.